The molecule has 0 fully saturated rings. The predicted molar refractivity (Wildman–Crippen MR) is 105 cm³/mol. The number of alkyl halides is 3. The highest BCUT2D eigenvalue weighted by Gasteiger charge is 2.46. The number of sulfone groups is 2. The molecular formula is C20H22F4O4S2. The summed E-state index contributed by atoms with van der Waals surface area (Å²) in [4.78, 5) is -1.28. The Morgan fingerprint density at radius 2 is 1.40 bits per heavy atom. The van der Waals surface area contributed by atoms with Gasteiger partial charge in [0.2, 0.25) is 0 Å². The summed E-state index contributed by atoms with van der Waals surface area (Å²) in [5, 5.41) is 0. The van der Waals surface area contributed by atoms with Gasteiger partial charge in [-0.05, 0) is 53.6 Å². The second-order valence-electron chi connectivity index (χ2n) is 7.37. The van der Waals surface area contributed by atoms with Crippen LogP contribution in [-0.2, 0) is 19.7 Å². The molecule has 0 N–H and O–H groups in total. The Labute approximate surface area is 173 Å². The number of hydrogen-bond acceptors (Lipinski definition) is 4. The maximum atomic E-state index is 14.3. The molecule has 0 saturated carbocycles. The van der Waals surface area contributed by atoms with E-state index >= 15 is 0 Å². The highest BCUT2D eigenvalue weighted by molar-refractivity contribution is 7.92. The summed E-state index contributed by atoms with van der Waals surface area (Å²) < 4.78 is 100.0. The van der Waals surface area contributed by atoms with Crippen LogP contribution >= 0.6 is 0 Å². The predicted octanol–water partition coefficient (Wildman–Crippen LogP) is 5.21. The van der Waals surface area contributed by atoms with Crippen LogP contribution in [0, 0.1) is 5.82 Å². The van der Waals surface area contributed by atoms with Crippen LogP contribution in [-0.4, -0.2) is 28.1 Å². The third kappa shape index (κ3) is 5.21. The molecule has 1 atom stereocenters. The Morgan fingerprint density at radius 1 is 0.867 bits per heavy atom. The van der Waals surface area contributed by atoms with Crippen molar-refractivity contribution in [1.82, 2.24) is 0 Å². The van der Waals surface area contributed by atoms with Crippen LogP contribution in [0.15, 0.2) is 52.3 Å². The van der Waals surface area contributed by atoms with Crippen molar-refractivity contribution >= 4 is 19.7 Å². The third-order valence-corrected chi connectivity index (χ3v) is 8.12. The fourth-order valence-electron chi connectivity index (χ4n) is 2.85. The van der Waals surface area contributed by atoms with Crippen LogP contribution in [0.25, 0.3) is 0 Å². The van der Waals surface area contributed by atoms with Crippen LogP contribution in [0.3, 0.4) is 0 Å². The minimum Gasteiger partial charge on any atom is -0.224 e. The SMILES string of the molecule is CC(C)c1ccc(S(=O)(=O)CCC(C)c2ccc(S(=O)(=O)C(F)(F)F)cc2)c(F)c1. The molecule has 4 nitrogen and oxygen atoms in total. The minimum atomic E-state index is -5.44. The average molecular weight is 467 g/mol. The largest absolute Gasteiger partial charge is 0.501 e. The second-order valence-corrected chi connectivity index (χ2v) is 11.4. The van der Waals surface area contributed by atoms with E-state index in [0.717, 1.165) is 12.1 Å². The lowest BCUT2D eigenvalue weighted by Gasteiger charge is -2.14. The van der Waals surface area contributed by atoms with E-state index in [4.69, 9.17) is 0 Å². The van der Waals surface area contributed by atoms with Gasteiger partial charge in [0.25, 0.3) is 9.84 Å². The first kappa shape index (κ1) is 24.3. The molecule has 30 heavy (non-hydrogen) atoms. The van der Waals surface area contributed by atoms with E-state index in [2.05, 4.69) is 0 Å². The standard InChI is InChI=1S/C20H22F4O4S2/c1-13(2)16-6-9-19(18(21)12-16)29(25,26)11-10-14(3)15-4-7-17(8-5-15)30(27,28)20(22,23)24/h4-9,12-14H,10-11H2,1-3H3. The lowest BCUT2D eigenvalue weighted by atomic mass is 9.99. The van der Waals surface area contributed by atoms with Crippen molar-refractivity contribution in [1.29, 1.82) is 0 Å². The molecule has 2 aromatic carbocycles. The first-order valence-corrected chi connectivity index (χ1v) is 12.2. The molecule has 0 heterocycles. The fourth-order valence-corrected chi connectivity index (χ4v) is 5.12. The van der Waals surface area contributed by atoms with Gasteiger partial charge < -0.3 is 0 Å². The molecule has 10 heteroatoms. The van der Waals surface area contributed by atoms with Crippen LogP contribution in [0.2, 0.25) is 0 Å². The molecule has 0 radical (unpaired) electrons. The minimum absolute atomic E-state index is 0.0420. The van der Waals surface area contributed by atoms with Crippen LogP contribution in [0.5, 0.6) is 0 Å². The number of benzene rings is 2. The lowest BCUT2D eigenvalue weighted by molar-refractivity contribution is -0.0436. The summed E-state index contributed by atoms with van der Waals surface area (Å²) in [6.45, 7) is 5.37. The lowest BCUT2D eigenvalue weighted by Crippen LogP contribution is -2.23. The quantitative estimate of drug-likeness (QED) is 0.526. The van der Waals surface area contributed by atoms with E-state index in [1.54, 1.807) is 13.0 Å². The van der Waals surface area contributed by atoms with E-state index in [9.17, 15) is 34.4 Å². The van der Waals surface area contributed by atoms with Gasteiger partial charge in [0.1, 0.15) is 10.7 Å². The van der Waals surface area contributed by atoms with Crippen molar-refractivity contribution < 1.29 is 34.4 Å². The van der Waals surface area contributed by atoms with Gasteiger partial charge in [-0.15, -0.1) is 0 Å². The van der Waals surface area contributed by atoms with Gasteiger partial charge in [0.15, 0.2) is 9.84 Å². The first-order chi connectivity index (χ1) is 13.7. The number of hydrogen-bond donors (Lipinski definition) is 0. The zero-order valence-corrected chi connectivity index (χ0v) is 18.2. The highest BCUT2D eigenvalue weighted by atomic mass is 32.2. The van der Waals surface area contributed by atoms with Crippen molar-refractivity contribution in [3.8, 4) is 0 Å². The van der Waals surface area contributed by atoms with E-state index in [1.165, 1.54) is 24.3 Å². The molecular weight excluding hydrogens is 444 g/mol. The van der Waals surface area contributed by atoms with Gasteiger partial charge in [0.05, 0.1) is 10.6 Å². The van der Waals surface area contributed by atoms with Crippen molar-refractivity contribution in [2.24, 2.45) is 0 Å². The van der Waals surface area contributed by atoms with Crippen molar-refractivity contribution in [2.75, 3.05) is 5.75 Å². The summed E-state index contributed by atoms with van der Waals surface area (Å²) in [5.41, 5.74) is -4.25. The fraction of sp³-hybridized carbons (Fsp3) is 0.400. The molecule has 0 amide bonds. The van der Waals surface area contributed by atoms with Gasteiger partial charge in [-0.3, -0.25) is 0 Å². The zero-order chi connectivity index (χ0) is 22.9. The summed E-state index contributed by atoms with van der Waals surface area (Å²) in [5.74, 6) is -1.55. The Kier molecular flexibility index (Phi) is 7.03. The van der Waals surface area contributed by atoms with E-state index in [-0.39, 0.29) is 18.1 Å². The zero-order valence-electron chi connectivity index (χ0n) is 16.6. The van der Waals surface area contributed by atoms with E-state index in [1.807, 2.05) is 13.8 Å². The molecule has 0 bridgehead atoms. The summed E-state index contributed by atoms with van der Waals surface area (Å²) in [7, 11) is -9.35. The topological polar surface area (TPSA) is 68.3 Å². The molecule has 0 saturated heterocycles. The maximum absolute atomic E-state index is 14.3. The van der Waals surface area contributed by atoms with Crippen molar-refractivity contribution in [3.63, 3.8) is 0 Å². The molecule has 0 aliphatic rings. The van der Waals surface area contributed by atoms with Crippen molar-refractivity contribution in [3.05, 3.63) is 59.4 Å². The molecule has 2 rings (SSSR count). The monoisotopic (exact) mass is 466 g/mol. The van der Waals surface area contributed by atoms with E-state index in [0.29, 0.717) is 11.1 Å². The normalized spacial score (nSPS) is 14.1. The smallest absolute Gasteiger partial charge is 0.224 e. The Morgan fingerprint density at radius 3 is 1.87 bits per heavy atom. The number of halogens is 4. The maximum Gasteiger partial charge on any atom is 0.501 e. The van der Waals surface area contributed by atoms with Gasteiger partial charge in [-0.2, -0.15) is 13.2 Å². The third-order valence-electron chi connectivity index (χ3n) is 4.84. The number of rotatable bonds is 7. The van der Waals surface area contributed by atoms with Gasteiger partial charge in [-0.1, -0.05) is 39.0 Å². The van der Waals surface area contributed by atoms with Crippen molar-refractivity contribution in [2.45, 2.75) is 54.3 Å². The van der Waals surface area contributed by atoms with E-state index < -0.39 is 46.7 Å². The molecule has 0 aromatic heterocycles. The van der Waals surface area contributed by atoms with Gasteiger partial charge in [0, 0.05) is 0 Å². The van der Waals surface area contributed by atoms with Crippen LogP contribution in [0.4, 0.5) is 17.6 Å². The Hall–Kier alpha value is -1.94. The molecule has 0 spiro atoms. The first-order valence-electron chi connectivity index (χ1n) is 9.10. The Balaban J connectivity index is 2.14. The highest BCUT2D eigenvalue weighted by Crippen LogP contribution is 2.31. The molecule has 2 aromatic rings. The average Bonchev–Trinajstić information content (AvgIpc) is 2.65. The summed E-state index contributed by atoms with van der Waals surface area (Å²) in [6.07, 6.45) is 0.0824. The second kappa shape index (κ2) is 8.66. The van der Waals surface area contributed by atoms with Gasteiger partial charge >= 0.3 is 5.51 Å². The summed E-state index contributed by atoms with van der Waals surface area (Å²) >= 11 is 0. The molecule has 0 aliphatic heterocycles. The van der Waals surface area contributed by atoms with Crippen LogP contribution in [0.1, 0.15) is 50.2 Å². The summed E-state index contributed by atoms with van der Waals surface area (Å²) in [6, 6.07) is 8.11. The van der Waals surface area contributed by atoms with Crippen LogP contribution < -0.4 is 0 Å². The molecule has 0 aliphatic carbocycles. The Bertz CT molecular complexity index is 1100. The molecule has 166 valence electrons. The molecule has 1 unspecified atom stereocenters. The van der Waals surface area contributed by atoms with Gasteiger partial charge in [-0.25, -0.2) is 21.2 Å².